The molecule has 1 aliphatic carbocycles. The van der Waals surface area contributed by atoms with Crippen molar-refractivity contribution < 1.29 is 9.53 Å². The van der Waals surface area contributed by atoms with Gasteiger partial charge in [0.15, 0.2) is 5.96 Å². The minimum absolute atomic E-state index is 0. The van der Waals surface area contributed by atoms with Crippen molar-refractivity contribution in [1.29, 1.82) is 0 Å². The molecule has 0 aromatic heterocycles. The number of nitrogens with zero attached hydrogens (tertiary/aromatic N) is 2. The van der Waals surface area contributed by atoms with Gasteiger partial charge < -0.3 is 20.3 Å². The molecule has 2 N–H and O–H groups in total. The van der Waals surface area contributed by atoms with E-state index in [9.17, 15) is 4.79 Å². The van der Waals surface area contributed by atoms with Gasteiger partial charge in [-0.05, 0) is 37.0 Å². The van der Waals surface area contributed by atoms with Gasteiger partial charge in [-0.3, -0.25) is 9.79 Å². The second kappa shape index (κ2) is 11.4. The van der Waals surface area contributed by atoms with Gasteiger partial charge in [0.25, 0.3) is 0 Å². The molecule has 2 rings (SSSR count). The van der Waals surface area contributed by atoms with Crippen LogP contribution in [0, 0.1) is 5.41 Å². The number of ether oxygens (including phenoxy) is 1. The van der Waals surface area contributed by atoms with Crippen molar-refractivity contribution in [3.63, 3.8) is 0 Å². The quantitative estimate of drug-likeness (QED) is 0.352. The number of aliphatic imine (C=N–C) groups is 1. The van der Waals surface area contributed by atoms with E-state index in [2.05, 4.69) is 27.8 Å². The number of methoxy groups -OCH3 is 1. The second-order valence-corrected chi connectivity index (χ2v) is 7.14. The number of benzene rings is 1. The van der Waals surface area contributed by atoms with Gasteiger partial charge in [-0.25, -0.2) is 0 Å². The fourth-order valence-corrected chi connectivity index (χ4v) is 3.58. The molecular weight excluding hydrogens is 455 g/mol. The Morgan fingerprint density at radius 1 is 1.19 bits per heavy atom. The molecule has 0 heterocycles. The maximum atomic E-state index is 12.6. The molecule has 0 spiro atoms. The number of hydrogen-bond acceptors (Lipinski definition) is 3. The van der Waals surface area contributed by atoms with Gasteiger partial charge in [-0.15, -0.1) is 24.0 Å². The first kappa shape index (κ1) is 23.5. The predicted molar refractivity (Wildman–Crippen MR) is 121 cm³/mol. The smallest absolute Gasteiger partial charge is 0.230 e. The number of halogens is 1. The molecule has 1 fully saturated rings. The fraction of sp³-hybridized carbons (Fsp3) is 0.600. The lowest BCUT2D eigenvalue weighted by molar-refractivity contribution is -0.138. The molecule has 0 bridgehead atoms. The summed E-state index contributed by atoms with van der Waals surface area (Å²) in [5.74, 6) is 1.83. The normalized spacial score (nSPS) is 15.6. The van der Waals surface area contributed by atoms with Gasteiger partial charge >= 0.3 is 0 Å². The summed E-state index contributed by atoms with van der Waals surface area (Å²) in [5, 5.41) is 6.70. The summed E-state index contributed by atoms with van der Waals surface area (Å²) in [7, 11) is 7.11. The Kier molecular flexibility index (Phi) is 9.90. The number of guanidine groups is 1. The Balaban J connectivity index is 0.00000364. The van der Waals surface area contributed by atoms with Crippen molar-refractivity contribution in [2.24, 2.45) is 10.4 Å². The van der Waals surface area contributed by atoms with E-state index in [0.717, 1.165) is 50.4 Å². The number of carbonyl (C=O) groups is 1. The SMILES string of the molecule is CN=C(NCCc1ccc(OC)cc1)NCC1(C(=O)N(C)C)CCCC1.I. The molecule has 1 aromatic carbocycles. The van der Waals surface area contributed by atoms with E-state index in [0.29, 0.717) is 6.54 Å². The first-order chi connectivity index (χ1) is 12.5. The molecule has 1 aromatic rings. The average molecular weight is 488 g/mol. The Bertz CT molecular complexity index is 611. The Hall–Kier alpha value is -1.51. The Morgan fingerprint density at radius 2 is 1.81 bits per heavy atom. The van der Waals surface area contributed by atoms with Crippen LogP contribution in [0.15, 0.2) is 29.3 Å². The average Bonchev–Trinajstić information content (AvgIpc) is 3.14. The highest BCUT2D eigenvalue weighted by atomic mass is 127. The van der Waals surface area contributed by atoms with Crippen LogP contribution in [0.2, 0.25) is 0 Å². The van der Waals surface area contributed by atoms with E-state index in [-0.39, 0.29) is 35.3 Å². The summed E-state index contributed by atoms with van der Waals surface area (Å²) in [6.45, 7) is 1.41. The van der Waals surface area contributed by atoms with Gasteiger partial charge in [0, 0.05) is 34.2 Å². The predicted octanol–water partition coefficient (Wildman–Crippen LogP) is 2.67. The summed E-state index contributed by atoms with van der Waals surface area (Å²) in [4.78, 5) is 18.6. The molecule has 27 heavy (non-hydrogen) atoms. The van der Waals surface area contributed by atoms with E-state index in [1.54, 1.807) is 19.1 Å². The van der Waals surface area contributed by atoms with E-state index in [1.807, 2.05) is 26.2 Å². The molecule has 0 atom stereocenters. The van der Waals surface area contributed by atoms with Crippen LogP contribution in [0.25, 0.3) is 0 Å². The van der Waals surface area contributed by atoms with Crippen molar-refractivity contribution in [3.05, 3.63) is 29.8 Å². The van der Waals surface area contributed by atoms with Crippen molar-refractivity contribution in [2.45, 2.75) is 32.1 Å². The molecular formula is C20H33IN4O2. The van der Waals surface area contributed by atoms with Crippen molar-refractivity contribution in [3.8, 4) is 5.75 Å². The zero-order valence-electron chi connectivity index (χ0n) is 16.9. The minimum atomic E-state index is -0.295. The van der Waals surface area contributed by atoms with Gasteiger partial charge in [-0.2, -0.15) is 0 Å². The summed E-state index contributed by atoms with van der Waals surface area (Å²) < 4.78 is 5.18. The second-order valence-electron chi connectivity index (χ2n) is 7.14. The number of carbonyl (C=O) groups excluding carboxylic acids is 1. The molecule has 6 nitrogen and oxygen atoms in total. The zero-order valence-corrected chi connectivity index (χ0v) is 19.2. The van der Waals surface area contributed by atoms with E-state index < -0.39 is 0 Å². The van der Waals surface area contributed by atoms with Gasteiger partial charge in [0.1, 0.15) is 5.75 Å². The van der Waals surface area contributed by atoms with Crippen LogP contribution in [0.5, 0.6) is 5.75 Å². The highest BCUT2D eigenvalue weighted by Crippen LogP contribution is 2.38. The summed E-state index contributed by atoms with van der Waals surface area (Å²) in [5.41, 5.74) is 0.945. The highest BCUT2D eigenvalue weighted by molar-refractivity contribution is 14.0. The standard InChI is InChI=1S/C20H32N4O2.HI/c1-21-19(22-14-11-16-7-9-17(26-4)10-8-16)23-15-20(12-5-6-13-20)18(25)24(2)3;/h7-10H,5-6,11-15H2,1-4H3,(H2,21,22,23);1H. The first-order valence-corrected chi connectivity index (χ1v) is 9.30. The third-order valence-corrected chi connectivity index (χ3v) is 5.10. The molecule has 0 unspecified atom stereocenters. The lowest BCUT2D eigenvalue weighted by atomic mass is 9.84. The molecule has 1 amide bonds. The van der Waals surface area contributed by atoms with Crippen molar-refractivity contribution in [2.75, 3.05) is 41.3 Å². The van der Waals surface area contributed by atoms with Crippen LogP contribution < -0.4 is 15.4 Å². The van der Waals surface area contributed by atoms with Crippen LogP contribution in [0.4, 0.5) is 0 Å². The number of hydrogen-bond donors (Lipinski definition) is 2. The first-order valence-electron chi connectivity index (χ1n) is 9.30. The van der Waals surface area contributed by atoms with Gasteiger partial charge in [-0.1, -0.05) is 25.0 Å². The lowest BCUT2D eigenvalue weighted by Crippen LogP contribution is -2.49. The molecule has 0 radical (unpaired) electrons. The van der Waals surface area contributed by atoms with E-state index >= 15 is 0 Å². The summed E-state index contributed by atoms with van der Waals surface area (Å²) >= 11 is 0. The molecule has 0 saturated heterocycles. The highest BCUT2D eigenvalue weighted by Gasteiger charge is 2.42. The third-order valence-electron chi connectivity index (χ3n) is 5.10. The van der Waals surface area contributed by atoms with Crippen LogP contribution in [0.1, 0.15) is 31.2 Å². The molecule has 7 heteroatoms. The zero-order chi connectivity index (χ0) is 19.0. The number of rotatable bonds is 7. The van der Waals surface area contributed by atoms with Crippen LogP contribution in [0.3, 0.4) is 0 Å². The monoisotopic (exact) mass is 488 g/mol. The van der Waals surface area contributed by atoms with Crippen LogP contribution in [-0.4, -0.2) is 58.1 Å². The largest absolute Gasteiger partial charge is 0.497 e. The van der Waals surface area contributed by atoms with Gasteiger partial charge in [0.2, 0.25) is 5.91 Å². The van der Waals surface area contributed by atoms with Crippen LogP contribution in [-0.2, 0) is 11.2 Å². The number of nitrogens with one attached hydrogen (secondary N) is 2. The van der Waals surface area contributed by atoms with Gasteiger partial charge in [0.05, 0.1) is 12.5 Å². The summed E-state index contributed by atoms with van der Waals surface area (Å²) in [6.07, 6.45) is 5.02. The lowest BCUT2D eigenvalue weighted by Gasteiger charge is -2.31. The molecule has 152 valence electrons. The summed E-state index contributed by atoms with van der Waals surface area (Å²) in [6, 6.07) is 8.08. The fourth-order valence-electron chi connectivity index (χ4n) is 3.58. The minimum Gasteiger partial charge on any atom is -0.497 e. The third kappa shape index (κ3) is 6.55. The molecule has 0 aliphatic heterocycles. The van der Waals surface area contributed by atoms with E-state index in [4.69, 9.17) is 4.74 Å². The topological polar surface area (TPSA) is 66.0 Å². The molecule has 1 saturated carbocycles. The Labute approximate surface area is 180 Å². The Morgan fingerprint density at radius 3 is 2.33 bits per heavy atom. The maximum absolute atomic E-state index is 12.6. The van der Waals surface area contributed by atoms with Crippen molar-refractivity contribution in [1.82, 2.24) is 15.5 Å². The molecule has 1 aliphatic rings. The van der Waals surface area contributed by atoms with Crippen molar-refractivity contribution >= 4 is 35.8 Å². The van der Waals surface area contributed by atoms with E-state index in [1.165, 1.54) is 5.56 Å². The number of amides is 1. The maximum Gasteiger partial charge on any atom is 0.230 e. The van der Waals surface area contributed by atoms with Crippen LogP contribution >= 0.6 is 24.0 Å².